The Morgan fingerprint density at radius 1 is 1.10 bits per heavy atom. The quantitative estimate of drug-likeness (QED) is 0.747. The van der Waals surface area contributed by atoms with Gasteiger partial charge in [-0.3, -0.25) is 0 Å². The molecule has 0 saturated carbocycles. The highest BCUT2D eigenvalue weighted by Gasteiger charge is 2.09. The number of hydrogen-bond acceptors (Lipinski definition) is 1. The van der Waals surface area contributed by atoms with Crippen molar-refractivity contribution in [1.82, 2.24) is 5.32 Å². The van der Waals surface area contributed by atoms with Crippen molar-refractivity contribution in [2.24, 2.45) is 0 Å². The Bertz CT molecular complexity index is 566. The molecule has 106 valence electrons. The second-order valence-electron chi connectivity index (χ2n) is 4.94. The normalized spacial score (nSPS) is 12.4. The first kappa shape index (κ1) is 15.6. The molecule has 0 aliphatic heterocycles. The van der Waals surface area contributed by atoms with Crippen LogP contribution in [0.1, 0.15) is 36.6 Å². The molecule has 1 unspecified atom stereocenters. The second kappa shape index (κ2) is 7.26. The Hall–Kier alpha value is -0.830. The number of halogens is 2. The van der Waals surface area contributed by atoms with E-state index in [2.05, 4.69) is 65.4 Å². The van der Waals surface area contributed by atoms with E-state index in [0.29, 0.717) is 0 Å². The predicted octanol–water partition coefficient (Wildman–Crippen LogP) is 5.52. The minimum atomic E-state index is 0.224. The zero-order valence-corrected chi connectivity index (χ0v) is 14.1. The summed E-state index contributed by atoms with van der Waals surface area (Å²) < 4.78 is 1.01. The fourth-order valence-corrected chi connectivity index (χ4v) is 2.96. The summed E-state index contributed by atoms with van der Waals surface area (Å²) in [5.74, 6) is 0. The van der Waals surface area contributed by atoms with Crippen LogP contribution >= 0.6 is 27.5 Å². The lowest BCUT2D eigenvalue weighted by atomic mass is 10.1. The van der Waals surface area contributed by atoms with Crippen molar-refractivity contribution in [2.75, 3.05) is 0 Å². The number of nitrogens with one attached hydrogen (secondary N) is 1. The van der Waals surface area contributed by atoms with Crippen molar-refractivity contribution >= 4 is 27.5 Å². The number of aryl methyl sites for hydroxylation is 1. The van der Waals surface area contributed by atoms with Gasteiger partial charge in [0, 0.05) is 22.1 Å². The van der Waals surface area contributed by atoms with Gasteiger partial charge in [0.25, 0.3) is 0 Å². The first-order chi connectivity index (χ1) is 9.60. The van der Waals surface area contributed by atoms with Crippen molar-refractivity contribution in [3.8, 4) is 0 Å². The van der Waals surface area contributed by atoms with Gasteiger partial charge in [0.15, 0.2) is 0 Å². The monoisotopic (exact) mass is 351 g/mol. The van der Waals surface area contributed by atoms with Crippen LogP contribution in [0.5, 0.6) is 0 Å². The van der Waals surface area contributed by atoms with Crippen LogP contribution in [0.15, 0.2) is 46.9 Å². The molecule has 0 aromatic heterocycles. The molecule has 2 aromatic carbocycles. The maximum Gasteiger partial charge on any atom is 0.0464 e. The van der Waals surface area contributed by atoms with Crippen molar-refractivity contribution in [3.05, 3.63) is 68.7 Å². The summed E-state index contributed by atoms with van der Waals surface area (Å²) in [7, 11) is 0. The van der Waals surface area contributed by atoms with Crippen LogP contribution in [0.3, 0.4) is 0 Å². The summed E-state index contributed by atoms with van der Waals surface area (Å²) in [4.78, 5) is 0. The first-order valence-corrected chi connectivity index (χ1v) is 8.03. The summed E-state index contributed by atoms with van der Waals surface area (Å²) in [5, 5.41) is 4.31. The van der Waals surface area contributed by atoms with Gasteiger partial charge in [-0.25, -0.2) is 0 Å². The van der Waals surface area contributed by atoms with Crippen molar-refractivity contribution in [3.63, 3.8) is 0 Å². The van der Waals surface area contributed by atoms with E-state index in [4.69, 9.17) is 11.6 Å². The number of rotatable bonds is 5. The lowest BCUT2D eigenvalue weighted by molar-refractivity contribution is 0.575. The summed E-state index contributed by atoms with van der Waals surface area (Å²) in [5.41, 5.74) is 3.79. The molecule has 2 aromatic rings. The lowest BCUT2D eigenvalue weighted by Gasteiger charge is -2.16. The highest BCUT2D eigenvalue weighted by atomic mass is 79.9. The topological polar surface area (TPSA) is 12.0 Å². The lowest BCUT2D eigenvalue weighted by Crippen LogP contribution is -2.18. The van der Waals surface area contributed by atoms with Gasteiger partial charge in [-0.1, -0.05) is 64.8 Å². The third-order valence-electron chi connectivity index (χ3n) is 3.47. The SMILES string of the molecule is CCc1ccc(CNC(C)c2ccc(Br)cc2Cl)cc1. The molecule has 0 amide bonds. The van der Waals surface area contributed by atoms with Crippen LogP contribution in [0.4, 0.5) is 0 Å². The van der Waals surface area contributed by atoms with Crippen LogP contribution in [0.2, 0.25) is 5.02 Å². The summed E-state index contributed by atoms with van der Waals surface area (Å²) in [6, 6.07) is 15.0. The minimum absolute atomic E-state index is 0.224. The zero-order valence-electron chi connectivity index (χ0n) is 11.8. The van der Waals surface area contributed by atoms with Crippen LogP contribution in [-0.2, 0) is 13.0 Å². The standard InChI is InChI=1S/C17H19BrClN/c1-3-13-4-6-14(7-5-13)11-20-12(2)16-9-8-15(18)10-17(16)19/h4-10,12,20H,3,11H2,1-2H3. The first-order valence-electron chi connectivity index (χ1n) is 6.86. The molecule has 3 heteroatoms. The van der Waals surface area contributed by atoms with Crippen LogP contribution in [0, 0.1) is 0 Å². The van der Waals surface area contributed by atoms with E-state index < -0.39 is 0 Å². The van der Waals surface area contributed by atoms with Gasteiger partial charge in [0.05, 0.1) is 0 Å². The van der Waals surface area contributed by atoms with E-state index in [1.165, 1.54) is 11.1 Å². The number of hydrogen-bond donors (Lipinski definition) is 1. The molecule has 0 heterocycles. The van der Waals surface area contributed by atoms with E-state index in [9.17, 15) is 0 Å². The van der Waals surface area contributed by atoms with Gasteiger partial charge in [0.2, 0.25) is 0 Å². The molecule has 0 aliphatic carbocycles. The molecule has 20 heavy (non-hydrogen) atoms. The predicted molar refractivity (Wildman–Crippen MR) is 90.2 cm³/mol. The molecule has 0 bridgehead atoms. The Morgan fingerprint density at radius 3 is 2.35 bits per heavy atom. The molecule has 0 radical (unpaired) electrons. The zero-order chi connectivity index (χ0) is 14.5. The molecule has 0 spiro atoms. The van der Waals surface area contributed by atoms with E-state index in [1.54, 1.807) is 0 Å². The van der Waals surface area contributed by atoms with Crippen LogP contribution < -0.4 is 5.32 Å². The third-order valence-corrected chi connectivity index (χ3v) is 4.29. The molecule has 0 saturated heterocycles. The fraction of sp³-hybridized carbons (Fsp3) is 0.294. The van der Waals surface area contributed by atoms with Gasteiger partial charge in [-0.2, -0.15) is 0 Å². The van der Waals surface area contributed by atoms with E-state index in [1.807, 2.05) is 12.1 Å². The van der Waals surface area contributed by atoms with Gasteiger partial charge in [-0.05, 0) is 42.2 Å². The van der Waals surface area contributed by atoms with Gasteiger partial charge in [0.1, 0.15) is 0 Å². The summed E-state index contributed by atoms with van der Waals surface area (Å²) in [6.07, 6.45) is 1.08. The Morgan fingerprint density at radius 2 is 1.75 bits per heavy atom. The van der Waals surface area contributed by atoms with Crippen molar-refractivity contribution in [1.29, 1.82) is 0 Å². The molecule has 2 rings (SSSR count). The second-order valence-corrected chi connectivity index (χ2v) is 6.26. The maximum atomic E-state index is 6.28. The molecular weight excluding hydrogens is 334 g/mol. The van der Waals surface area contributed by atoms with Crippen molar-refractivity contribution < 1.29 is 0 Å². The highest BCUT2D eigenvalue weighted by Crippen LogP contribution is 2.26. The van der Waals surface area contributed by atoms with Crippen LogP contribution in [-0.4, -0.2) is 0 Å². The average molecular weight is 353 g/mol. The number of benzene rings is 2. The minimum Gasteiger partial charge on any atom is -0.306 e. The van der Waals surface area contributed by atoms with Gasteiger partial charge >= 0.3 is 0 Å². The highest BCUT2D eigenvalue weighted by molar-refractivity contribution is 9.10. The van der Waals surface area contributed by atoms with E-state index in [-0.39, 0.29) is 6.04 Å². The molecule has 1 atom stereocenters. The molecule has 1 N–H and O–H groups in total. The smallest absolute Gasteiger partial charge is 0.0464 e. The average Bonchev–Trinajstić information content (AvgIpc) is 2.45. The van der Waals surface area contributed by atoms with E-state index >= 15 is 0 Å². The van der Waals surface area contributed by atoms with Gasteiger partial charge < -0.3 is 5.32 Å². The molecule has 1 nitrogen and oxygen atoms in total. The Balaban J connectivity index is 1.98. The summed E-state index contributed by atoms with van der Waals surface area (Å²) in [6.45, 7) is 5.15. The molecule has 0 aliphatic rings. The Labute approximate surface area is 134 Å². The third kappa shape index (κ3) is 4.08. The summed E-state index contributed by atoms with van der Waals surface area (Å²) >= 11 is 9.71. The van der Waals surface area contributed by atoms with Crippen molar-refractivity contribution in [2.45, 2.75) is 32.9 Å². The molecule has 0 fully saturated rings. The molecular formula is C17H19BrClN. The van der Waals surface area contributed by atoms with Crippen LogP contribution in [0.25, 0.3) is 0 Å². The maximum absolute atomic E-state index is 6.28. The fourth-order valence-electron chi connectivity index (χ4n) is 2.13. The van der Waals surface area contributed by atoms with Gasteiger partial charge in [-0.15, -0.1) is 0 Å². The van der Waals surface area contributed by atoms with E-state index in [0.717, 1.165) is 28.0 Å². The largest absolute Gasteiger partial charge is 0.306 e. The Kier molecular flexibility index (Phi) is 5.64.